The van der Waals surface area contributed by atoms with Gasteiger partial charge in [-0.05, 0) is 32.9 Å². The summed E-state index contributed by atoms with van der Waals surface area (Å²) >= 11 is 0. The van der Waals surface area contributed by atoms with Crippen molar-refractivity contribution >= 4 is 0 Å². The standard InChI is InChI=1S/C8H18N2/c1-3-10-6-4-5-8(10)7-9-2/h8-9H,3-7H2,1-2H3/i2D3. The van der Waals surface area contributed by atoms with E-state index >= 15 is 0 Å². The summed E-state index contributed by atoms with van der Waals surface area (Å²) < 4.78 is 21.1. The van der Waals surface area contributed by atoms with Crippen LogP contribution in [-0.4, -0.2) is 37.6 Å². The largest absolute Gasteiger partial charge is 0.318 e. The van der Waals surface area contributed by atoms with E-state index in [1.165, 1.54) is 6.42 Å². The topological polar surface area (TPSA) is 15.3 Å². The Kier molecular flexibility index (Phi) is 1.86. The predicted molar refractivity (Wildman–Crippen MR) is 44.2 cm³/mol. The van der Waals surface area contributed by atoms with E-state index in [1.807, 2.05) is 0 Å². The van der Waals surface area contributed by atoms with Crippen molar-refractivity contribution in [3.63, 3.8) is 0 Å². The minimum atomic E-state index is -1.98. The number of hydrogen-bond acceptors (Lipinski definition) is 2. The average Bonchev–Trinajstić information content (AvgIpc) is 2.46. The molecule has 0 saturated carbocycles. The molecule has 0 aromatic rings. The van der Waals surface area contributed by atoms with Gasteiger partial charge < -0.3 is 5.32 Å². The van der Waals surface area contributed by atoms with E-state index in [-0.39, 0.29) is 0 Å². The van der Waals surface area contributed by atoms with E-state index in [1.54, 1.807) is 0 Å². The van der Waals surface area contributed by atoms with Crippen molar-refractivity contribution in [2.45, 2.75) is 25.8 Å². The first-order valence-electron chi connectivity index (χ1n) is 5.52. The maximum Gasteiger partial charge on any atom is 0.0391 e. The highest BCUT2D eigenvalue weighted by molar-refractivity contribution is 4.79. The van der Waals surface area contributed by atoms with Gasteiger partial charge in [0.1, 0.15) is 0 Å². The number of likely N-dealkylation sites (N-methyl/N-ethyl adjacent to an activating group) is 2. The normalized spacial score (nSPS) is 33.3. The molecule has 1 fully saturated rings. The summed E-state index contributed by atoms with van der Waals surface area (Å²) in [6, 6.07) is 0.422. The molecule has 10 heavy (non-hydrogen) atoms. The smallest absolute Gasteiger partial charge is 0.0391 e. The van der Waals surface area contributed by atoms with Crippen LogP contribution in [0.4, 0.5) is 0 Å². The quantitative estimate of drug-likeness (QED) is 0.628. The molecule has 0 spiro atoms. The lowest BCUT2D eigenvalue weighted by Gasteiger charge is -2.21. The molecule has 0 aromatic heterocycles. The maximum absolute atomic E-state index is 7.02. The van der Waals surface area contributed by atoms with Crippen LogP contribution in [0.2, 0.25) is 0 Å². The van der Waals surface area contributed by atoms with Gasteiger partial charge in [0, 0.05) is 16.7 Å². The van der Waals surface area contributed by atoms with Crippen LogP contribution in [-0.2, 0) is 0 Å². The lowest BCUT2D eigenvalue weighted by Crippen LogP contribution is -2.36. The zero-order valence-electron chi connectivity index (χ0n) is 9.56. The SMILES string of the molecule is [2H]C([2H])([2H])NCC1CCCN1CC. The van der Waals surface area contributed by atoms with Crippen molar-refractivity contribution in [3.8, 4) is 0 Å². The van der Waals surface area contributed by atoms with Crippen LogP contribution in [0.3, 0.4) is 0 Å². The Morgan fingerprint density at radius 3 is 3.40 bits per heavy atom. The number of nitrogens with zero attached hydrogens (tertiary/aromatic N) is 1. The first kappa shape index (κ1) is 4.73. The van der Waals surface area contributed by atoms with E-state index in [0.29, 0.717) is 12.6 Å². The molecule has 0 bridgehead atoms. The van der Waals surface area contributed by atoms with Gasteiger partial charge in [0.15, 0.2) is 0 Å². The Morgan fingerprint density at radius 1 is 1.80 bits per heavy atom. The van der Waals surface area contributed by atoms with Crippen LogP contribution in [0.1, 0.15) is 23.9 Å². The second kappa shape index (κ2) is 3.94. The fourth-order valence-corrected chi connectivity index (χ4v) is 1.66. The first-order chi connectivity index (χ1) is 6.03. The number of nitrogens with one attached hydrogen (secondary N) is 1. The molecule has 1 atom stereocenters. The molecule has 2 heteroatoms. The summed E-state index contributed by atoms with van der Waals surface area (Å²) in [5, 5.41) is 2.59. The summed E-state index contributed by atoms with van der Waals surface area (Å²) in [6.45, 7) is 2.86. The lowest BCUT2D eigenvalue weighted by molar-refractivity contribution is 0.264. The van der Waals surface area contributed by atoms with Crippen LogP contribution in [0.15, 0.2) is 0 Å². The van der Waals surface area contributed by atoms with Crippen molar-refractivity contribution in [1.29, 1.82) is 0 Å². The lowest BCUT2D eigenvalue weighted by atomic mass is 10.2. The molecular formula is C8H18N2. The van der Waals surface area contributed by atoms with Gasteiger partial charge in [0.2, 0.25) is 0 Å². The summed E-state index contributed by atoms with van der Waals surface area (Å²) in [4.78, 5) is 2.33. The molecule has 1 aliphatic heterocycles. The van der Waals surface area contributed by atoms with Gasteiger partial charge in [-0.15, -0.1) is 0 Å². The number of rotatable bonds is 3. The molecule has 1 heterocycles. The molecule has 0 aliphatic carbocycles. The first-order valence-corrected chi connectivity index (χ1v) is 4.02. The molecule has 1 aliphatic rings. The Morgan fingerprint density at radius 2 is 2.70 bits per heavy atom. The Balaban J connectivity index is 2.28. The fourth-order valence-electron chi connectivity index (χ4n) is 1.66. The van der Waals surface area contributed by atoms with Gasteiger partial charge in [-0.3, -0.25) is 4.90 Å². The Hall–Kier alpha value is -0.0800. The van der Waals surface area contributed by atoms with E-state index in [4.69, 9.17) is 4.11 Å². The molecule has 1 unspecified atom stereocenters. The van der Waals surface area contributed by atoms with Crippen molar-refractivity contribution in [3.05, 3.63) is 0 Å². The second-order valence-corrected chi connectivity index (χ2v) is 2.81. The third-order valence-electron chi connectivity index (χ3n) is 2.24. The highest BCUT2D eigenvalue weighted by atomic mass is 15.2. The minimum Gasteiger partial charge on any atom is -0.318 e. The summed E-state index contributed by atoms with van der Waals surface area (Å²) in [6.07, 6.45) is 2.32. The van der Waals surface area contributed by atoms with Gasteiger partial charge >= 0.3 is 0 Å². The third-order valence-corrected chi connectivity index (χ3v) is 2.24. The second-order valence-electron chi connectivity index (χ2n) is 2.81. The fraction of sp³-hybridized carbons (Fsp3) is 1.00. The van der Waals surface area contributed by atoms with E-state index in [2.05, 4.69) is 17.1 Å². The van der Waals surface area contributed by atoms with Crippen LogP contribution in [0, 0.1) is 0 Å². The average molecular weight is 145 g/mol. The predicted octanol–water partition coefficient (Wildman–Crippen LogP) is 0.690. The molecule has 0 radical (unpaired) electrons. The van der Waals surface area contributed by atoms with Gasteiger partial charge in [0.25, 0.3) is 0 Å². The third kappa shape index (κ3) is 1.70. The van der Waals surface area contributed by atoms with E-state index < -0.39 is 6.98 Å². The number of likely N-dealkylation sites (tertiary alicyclic amines) is 1. The summed E-state index contributed by atoms with van der Waals surface area (Å²) in [7, 11) is 0. The molecule has 1 saturated heterocycles. The zero-order chi connectivity index (χ0) is 9.90. The molecule has 1 rings (SSSR count). The van der Waals surface area contributed by atoms with Crippen LogP contribution >= 0.6 is 0 Å². The van der Waals surface area contributed by atoms with Crippen molar-refractivity contribution in [1.82, 2.24) is 10.2 Å². The van der Waals surface area contributed by atoms with Crippen molar-refractivity contribution in [2.24, 2.45) is 0 Å². The van der Waals surface area contributed by atoms with Crippen LogP contribution < -0.4 is 5.32 Å². The Bertz CT molecular complexity index is 158. The maximum atomic E-state index is 7.02. The molecule has 0 aromatic carbocycles. The van der Waals surface area contributed by atoms with Gasteiger partial charge in [-0.2, -0.15) is 0 Å². The van der Waals surface area contributed by atoms with Crippen LogP contribution in [0.25, 0.3) is 0 Å². The summed E-state index contributed by atoms with van der Waals surface area (Å²) in [5.74, 6) is 0. The highest BCUT2D eigenvalue weighted by Crippen LogP contribution is 2.14. The van der Waals surface area contributed by atoms with Crippen molar-refractivity contribution < 1.29 is 4.11 Å². The Labute approximate surface area is 67.8 Å². The van der Waals surface area contributed by atoms with Gasteiger partial charge in [0.05, 0.1) is 0 Å². The zero-order valence-corrected chi connectivity index (χ0v) is 6.56. The number of hydrogen-bond donors (Lipinski definition) is 1. The van der Waals surface area contributed by atoms with Gasteiger partial charge in [-0.1, -0.05) is 6.92 Å². The highest BCUT2D eigenvalue weighted by Gasteiger charge is 2.21. The summed E-state index contributed by atoms with van der Waals surface area (Å²) in [5.41, 5.74) is 0. The van der Waals surface area contributed by atoms with E-state index in [0.717, 1.165) is 19.5 Å². The molecule has 60 valence electrons. The minimum absolute atomic E-state index is 0.422. The van der Waals surface area contributed by atoms with Crippen LogP contribution in [0.5, 0.6) is 0 Å². The monoisotopic (exact) mass is 145 g/mol. The molecule has 2 nitrogen and oxygen atoms in total. The molecular weight excluding hydrogens is 124 g/mol. The molecule has 0 amide bonds. The van der Waals surface area contributed by atoms with Gasteiger partial charge in [-0.25, -0.2) is 0 Å². The molecule has 1 N–H and O–H groups in total. The van der Waals surface area contributed by atoms with E-state index in [9.17, 15) is 0 Å². The van der Waals surface area contributed by atoms with Crippen molar-refractivity contribution in [2.75, 3.05) is 26.6 Å².